The van der Waals surface area contributed by atoms with E-state index < -0.39 is 0 Å². The smallest absolute Gasteiger partial charge is 0.234 e. The van der Waals surface area contributed by atoms with Crippen LogP contribution in [0.4, 0.5) is 5.69 Å². The third kappa shape index (κ3) is 3.69. The van der Waals surface area contributed by atoms with Gasteiger partial charge in [-0.3, -0.25) is 9.78 Å². The molecular weight excluding hydrogens is 296 g/mol. The molecule has 0 bridgehead atoms. The van der Waals surface area contributed by atoms with Crippen molar-refractivity contribution in [1.29, 1.82) is 0 Å². The van der Waals surface area contributed by atoms with E-state index in [-0.39, 0.29) is 11.8 Å². The Hall–Kier alpha value is -2.94. The van der Waals surface area contributed by atoms with Gasteiger partial charge in [-0.25, -0.2) is 0 Å². The first-order valence-electron chi connectivity index (χ1n) is 8.02. The van der Waals surface area contributed by atoms with Gasteiger partial charge in [-0.15, -0.1) is 0 Å². The Morgan fingerprint density at radius 3 is 2.25 bits per heavy atom. The Balaban J connectivity index is 1.91. The van der Waals surface area contributed by atoms with E-state index in [4.69, 9.17) is 0 Å². The number of carbonyl (C=O) groups excluding carboxylic acids is 1. The second kappa shape index (κ2) is 7.55. The first-order chi connectivity index (χ1) is 11.8. The molecule has 0 saturated heterocycles. The van der Waals surface area contributed by atoms with E-state index in [0.717, 1.165) is 16.8 Å². The average Bonchev–Trinajstić information content (AvgIpc) is 2.67. The number of likely N-dealkylation sites (N-methyl/N-ethyl adjacent to an activating group) is 1. The molecule has 1 amide bonds. The SMILES string of the molecule is CN(C(=O)C(Cc1cccnc1)c1ccccc1)c1ccccc1. The summed E-state index contributed by atoms with van der Waals surface area (Å²) >= 11 is 0. The number of amides is 1. The van der Waals surface area contributed by atoms with Crippen LogP contribution >= 0.6 is 0 Å². The van der Waals surface area contributed by atoms with Crippen LogP contribution in [0.3, 0.4) is 0 Å². The quantitative estimate of drug-likeness (QED) is 0.711. The molecule has 1 unspecified atom stereocenters. The van der Waals surface area contributed by atoms with Crippen LogP contribution in [0.2, 0.25) is 0 Å². The fraction of sp³-hybridized carbons (Fsp3) is 0.143. The van der Waals surface area contributed by atoms with Crippen molar-refractivity contribution in [3.8, 4) is 0 Å². The monoisotopic (exact) mass is 316 g/mol. The van der Waals surface area contributed by atoms with E-state index in [1.54, 1.807) is 11.1 Å². The lowest BCUT2D eigenvalue weighted by Gasteiger charge is -2.24. The van der Waals surface area contributed by atoms with Gasteiger partial charge in [0, 0.05) is 25.1 Å². The fourth-order valence-corrected chi connectivity index (χ4v) is 2.80. The maximum Gasteiger partial charge on any atom is 0.234 e. The molecule has 1 aromatic heterocycles. The third-order valence-corrected chi connectivity index (χ3v) is 4.14. The van der Waals surface area contributed by atoms with E-state index in [0.29, 0.717) is 6.42 Å². The summed E-state index contributed by atoms with van der Waals surface area (Å²) in [5.74, 6) is -0.156. The van der Waals surface area contributed by atoms with Gasteiger partial charge in [0.25, 0.3) is 0 Å². The highest BCUT2D eigenvalue weighted by atomic mass is 16.2. The molecule has 24 heavy (non-hydrogen) atoms. The fourth-order valence-electron chi connectivity index (χ4n) is 2.80. The zero-order valence-corrected chi connectivity index (χ0v) is 13.7. The maximum atomic E-state index is 13.2. The van der Waals surface area contributed by atoms with Crippen molar-refractivity contribution in [2.75, 3.05) is 11.9 Å². The summed E-state index contributed by atoms with van der Waals surface area (Å²) in [5.41, 5.74) is 2.98. The summed E-state index contributed by atoms with van der Waals surface area (Å²) in [4.78, 5) is 19.1. The van der Waals surface area contributed by atoms with Gasteiger partial charge in [-0.2, -0.15) is 0 Å². The molecule has 120 valence electrons. The highest BCUT2D eigenvalue weighted by molar-refractivity contribution is 5.97. The number of nitrogens with zero attached hydrogens (tertiary/aromatic N) is 2. The van der Waals surface area contributed by atoms with E-state index in [9.17, 15) is 4.79 Å². The van der Waals surface area contributed by atoms with E-state index in [1.165, 1.54) is 0 Å². The second-order valence-corrected chi connectivity index (χ2v) is 5.76. The largest absolute Gasteiger partial charge is 0.315 e. The van der Waals surface area contributed by atoms with Crippen molar-refractivity contribution in [2.45, 2.75) is 12.3 Å². The minimum absolute atomic E-state index is 0.0799. The normalized spacial score (nSPS) is 11.7. The minimum atomic E-state index is -0.236. The molecule has 0 aliphatic carbocycles. The summed E-state index contributed by atoms with van der Waals surface area (Å²) in [7, 11) is 1.83. The first-order valence-corrected chi connectivity index (χ1v) is 8.02. The molecule has 3 rings (SSSR count). The second-order valence-electron chi connectivity index (χ2n) is 5.76. The van der Waals surface area contributed by atoms with Crippen molar-refractivity contribution < 1.29 is 4.79 Å². The van der Waals surface area contributed by atoms with Gasteiger partial charge in [0.1, 0.15) is 0 Å². The van der Waals surface area contributed by atoms with Crippen molar-refractivity contribution >= 4 is 11.6 Å². The highest BCUT2D eigenvalue weighted by Crippen LogP contribution is 2.25. The Morgan fingerprint density at radius 1 is 0.958 bits per heavy atom. The van der Waals surface area contributed by atoms with Gasteiger partial charge in [-0.05, 0) is 35.7 Å². The number of benzene rings is 2. The number of carbonyl (C=O) groups is 1. The average molecular weight is 316 g/mol. The molecule has 0 radical (unpaired) electrons. The van der Waals surface area contributed by atoms with Crippen LogP contribution < -0.4 is 4.90 Å². The predicted molar refractivity (Wildman–Crippen MR) is 97.0 cm³/mol. The van der Waals surface area contributed by atoms with Crippen LogP contribution in [0, 0.1) is 0 Å². The molecule has 3 nitrogen and oxygen atoms in total. The lowest BCUT2D eigenvalue weighted by atomic mass is 9.91. The number of para-hydroxylation sites is 1. The Morgan fingerprint density at radius 2 is 1.62 bits per heavy atom. The van der Waals surface area contributed by atoms with Crippen LogP contribution in [-0.4, -0.2) is 17.9 Å². The topological polar surface area (TPSA) is 33.2 Å². The number of pyridine rings is 1. The standard InChI is InChI=1S/C21H20N2O/c1-23(19-12-6-3-7-13-19)21(24)20(18-10-4-2-5-11-18)15-17-9-8-14-22-16-17/h2-14,16,20H,15H2,1H3. The summed E-state index contributed by atoms with van der Waals surface area (Å²) in [6.45, 7) is 0. The predicted octanol–water partition coefficient (Wildman–Crippen LogP) is 4.07. The maximum absolute atomic E-state index is 13.2. The van der Waals surface area contributed by atoms with Gasteiger partial charge in [0.05, 0.1) is 5.92 Å². The molecule has 0 aliphatic heterocycles. The van der Waals surface area contributed by atoms with E-state index in [1.807, 2.05) is 86.0 Å². The van der Waals surface area contributed by atoms with Gasteiger partial charge in [0.2, 0.25) is 5.91 Å². The van der Waals surface area contributed by atoms with Crippen LogP contribution in [-0.2, 0) is 11.2 Å². The Labute approximate surface area is 142 Å². The Kier molecular flexibility index (Phi) is 5.02. The lowest BCUT2D eigenvalue weighted by Crippen LogP contribution is -2.32. The zero-order valence-electron chi connectivity index (χ0n) is 13.7. The number of hydrogen-bond donors (Lipinski definition) is 0. The van der Waals surface area contributed by atoms with Crippen molar-refractivity contribution in [3.63, 3.8) is 0 Å². The van der Waals surface area contributed by atoms with Crippen LogP contribution in [0.1, 0.15) is 17.0 Å². The molecule has 3 aromatic rings. The lowest BCUT2D eigenvalue weighted by molar-refractivity contribution is -0.119. The van der Waals surface area contributed by atoms with Crippen LogP contribution in [0.5, 0.6) is 0 Å². The third-order valence-electron chi connectivity index (χ3n) is 4.14. The molecule has 0 N–H and O–H groups in total. The molecule has 1 heterocycles. The van der Waals surface area contributed by atoms with Crippen LogP contribution in [0.25, 0.3) is 0 Å². The molecule has 2 aromatic carbocycles. The first kappa shape index (κ1) is 15.9. The minimum Gasteiger partial charge on any atom is -0.315 e. The van der Waals surface area contributed by atoms with Gasteiger partial charge in [0.15, 0.2) is 0 Å². The molecule has 3 heteroatoms. The van der Waals surface area contributed by atoms with Gasteiger partial charge < -0.3 is 4.90 Å². The molecule has 1 atom stereocenters. The molecule has 0 spiro atoms. The molecule has 0 aliphatic rings. The van der Waals surface area contributed by atoms with Crippen molar-refractivity contribution in [1.82, 2.24) is 4.98 Å². The van der Waals surface area contributed by atoms with Crippen molar-refractivity contribution in [2.24, 2.45) is 0 Å². The van der Waals surface area contributed by atoms with Gasteiger partial charge >= 0.3 is 0 Å². The van der Waals surface area contributed by atoms with Crippen molar-refractivity contribution in [3.05, 3.63) is 96.3 Å². The zero-order chi connectivity index (χ0) is 16.8. The van der Waals surface area contributed by atoms with E-state index >= 15 is 0 Å². The Bertz CT molecular complexity index is 773. The molecular formula is C21H20N2O. The number of rotatable bonds is 5. The number of hydrogen-bond acceptors (Lipinski definition) is 2. The molecule has 0 saturated carbocycles. The summed E-state index contributed by atoms with van der Waals surface area (Å²) in [6, 6.07) is 23.6. The van der Waals surface area contributed by atoms with Gasteiger partial charge in [-0.1, -0.05) is 54.6 Å². The van der Waals surface area contributed by atoms with Crippen LogP contribution in [0.15, 0.2) is 85.2 Å². The number of anilines is 1. The molecule has 0 fully saturated rings. The summed E-state index contributed by atoms with van der Waals surface area (Å²) in [6.07, 6.45) is 4.21. The summed E-state index contributed by atoms with van der Waals surface area (Å²) in [5, 5.41) is 0. The summed E-state index contributed by atoms with van der Waals surface area (Å²) < 4.78 is 0. The number of aromatic nitrogens is 1. The van der Waals surface area contributed by atoms with E-state index in [2.05, 4.69) is 4.98 Å². The highest BCUT2D eigenvalue weighted by Gasteiger charge is 2.25.